The zero-order valence-electron chi connectivity index (χ0n) is 19.1. The number of carbonyl (C=O) groups is 3. The molecule has 0 radical (unpaired) electrons. The molecule has 0 bridgehead atoms. The average molecular weight is 516 g/mol. The number of fused-ring (bicyclic) bond motifs is 1. The highest BCUT2D eigenvalue weighted by Crippen LogP contribution is 2.57. The van der Waals surface area contributed by atoms with Crippen molar-refractivity contribution < 1.29 is 38.1 Å². The van der Waals surface area contributed by atoms with Crippen LogP contribution in [0.15, 0.2) is 56.1 Å². The van der Waals surface area contributed by atoms with Crippen LogP contribution in [0, 0.1) is 13.5 Å². The number of ether oxygens (including phenoxy) is 5. The Morgan fingerprint density at radius 3 is 2.14 bits per heavy atom. The Kier molecular flexibility index (Phi) is 9.05. The van der Waals surface area contributed by atoms with Crippen LogP contribution in [-0.4, -0.2) is 32.0 Å². The second-order valence-corrected chi connectivity index (χ2v) is 9.26. The normalized spacial score (nSPS) is 13.2. The molecule has 182 valence electrons. The van der Waals surface area contributed by atoms with Gasteiger partial charge in [0.25, 0.3) is 5.70 Å². The van der Waals surface area contributed by atoms with Gasteiger partial charge in [0, 0.05) is 4.90 Å². The molecule has 0 atom stereocenters. The highest BCUT2D eigenvalue weighted by Gasteiger charge is 2.30. The van der Waals surface area contributed by atoms with E-state index in [4.69, 9.17) is 25.5 Å². The third-order valence-electron chi connectivity index (χ3n) is 4.48. The van der Waals surface area contributed by atoms with Crippen LogP contribution in [0.25, 0.3) is 4.85 Å². The van der Waals surface area contributed by atoms with Gasteiger partial charge in [0.1, 0.15) is 17.2 Å². The quantitative estimate of drug-likeness (QED) is 0.136. The molecule has 2 aromatic carbocycles. The van der Waals surface area contributed by atoms with Gasteiger partial charge in [-0.05, 0) is 49.2 Å². The van der Waals surface area contributed by atoms with E-state index in [1.807, 2.05) is 13.8 Å². The standard InChI is InChI=1S/C24H21NO8S2/c1-5-6-13-30-21(26)18(25-3)22-34-19-14(2)7-12-17(20(19)35-22)33-24(28)32-16-10-8-15(9-11-16)31-23(27)29-4/h7-12H,5-6,13H2,1-2,4H3/b22-18+. The number of aryl methyl sites for hydroxylation is 1. The molecule has 0 unspecified atom stereocenters. The highest BCUT2D eigenvalue weighted by molar-refractivity contribution is 8.24. The maximum atomic E-state index is 12.4. The summed E-state index contributed by atoms with van der Waals surface area (Å²) in [7, 11) is 1.19. The monoisotopic (exact) mass is 515 g/mol. The van der Waals surface area contributed by atoms with Crippen molar-refractivity contribution in [3.05, 3.63) is 63.3 Å². The third kappa shape index (κ3) is 6.71. The lowest BCUT2D eigenvalue weighted by atomic mass is 10.2. The fourth-order valence-electron chi connectivity index (χ4n) is 2.72. The molecule has 35 heavy (non-hydrogen) atoms. The van der Waals surface area contributed by atoms with Crippen LogP contribution in [0.4, 0.5) is 9.59 Å². The fraction of sp³-hybridized carbons (Fsp3) is 0.250. The van der Waals surface area contributed by atoms with Crippen LogP contribution in [0.2, 0.25) is 0 Å². The fourth-order valence-corrected chi connectivity index (χ4v) is 5.35. The largest absolute Gasteiger partial charge is 0.519 e. The summed E-state index contributed by atoms with van der Waals surface area (Å²) in [6.45, 7) is 11.6. The molecule has 0 aliphatic carbocycles. The van der Waals surface area contributed by atoms with Crippen molar-refractivity contribution in [1.82, 2.24) is 0 Å². The Balaban J connectivity index is 1.72. The molecule has 1 aliphatic heterocycles. The second kappa shape index (κ2) is 12.2. The van der Waals surface area contributed by atoms with Gasteiger partial charge in [-0.25, -0.2) is 14.4 Å². The maximum Gasteiger partial charge on any atom is 0.519 e. The first kappa shape index (κ1) is 26.0. The third-order valence-corrected chi connectivity index (χ3v) is 7.20. The second-order valence-electron chi connectivity index (χ2n) is 6.96. The van der Waals surface area contributed by atoms with Gasteiger partial charge in [-0.3, -0.25) is 4.79 Å². The van der Waals surface area contributed by atoms with Gasteiger partial charge in [0.15, 0.2) is 0 Å². The first-order valence-electron chi connectivity index (χ1n) is 10.4. The van der Waals surface area contributed by atoms with E-state index in [0.29, 0.717) is 15.6 Å². The first-order chi connectivity index (χ1) is 16.9. The van der Waals surface area contributed by atoms with E-state index in [2.05, 4.69) is 9.58 Å². The van der Waals surface area contributed by atoms with E-state index in [-0.39, 0.29) is 29.6 Å². The maximum absolute atomic E-state index is 12.4. The van der Waals surface area contributed by atoms with Crippen molar-refractivity contribution in [3.8, 4) is 17.2 Å². The molecular formula is C24H21NO8S2. The number of benzene rings is 2. The zero-order valence-corrected chi connectivity index (χ0v) is 20.7. The number of rotatable bonds is 7. The van der Waals surface area contributed by atoms with Crippen molar-refractivity contribution in [3.63, 3.8) is 0 Å². The number of methoxy groups -OCH3 is 1. The smallest absolute Gasteiger partial charge is 0.471 e. The molecular weight excluding hydrogens is 494 g/mol. The van der Waals surface area contributed by atoms with E-state index >= 15 is 0 Å². The van der Waals surface area contributed by atoms with E-state index in [1.165, 1.54) is 54.9 Å². The minimum absolute atomic E-state index is 0.102. The van der Waals surface area contributed by atoms with Gasteiger partial charge >= 0.3 is 18.3 Å². The van der Waals surface area contributed by atoms with Crippen molar-refractivity contribution in [1.29, 1.82) is 0 Å². The molecule has 0 spiro atoms. The molecule has 0 saturated heterocycles. The topological polar surface area (TPSA) is 102 Å². The summed E-state index contributed by atoms with van der Waals surface area (Å²) in [5, 5.41) is 0. The van der Waals surface area contributed by atoms with Crippen molar-refractivity contribution in [2.45, 2.75) is 36.5 Å². The van der Waals surface area contributed by atoms with Crippen molar-refractivity contribution >= 4 is 41.8 Å². The summed E-state index contributed by atoms with van der Waals surface area (Å²) < 4.78 is 25.5. The molecule has 3 rings (SSSR count). The number of hydrogen-bond acceptors (Lipinski definition) is 10. The molecule has 2 aromatic rings. The lowest BCUT2D eigenvalue weighted by Gasteiger charge is -2.10. The SMILES string of the molecule is [C-]#[N+]/C(C(=O)OCCCC)=C1\Sc2c(C)ccc(OC(=O)Oc3ccc(OC(=O)OC)cc3)c2S1. The van der Waals surface area contributed by atoms with E-state index in [1.54, 1.807) is 12.1 Å². The van der Waals surface area contributed by atoms with Crippen LogP contribution in [0.5, 0.6) is 17.2 Å². The Hall–Kier alpha value is -3.62. The van der Waals surface area contributed by atoms with Crippen LogP contribution in [-0.2, 0) is 14.3 Å². The Morgan fingerprint density at radius 2 is 1.54 bits per heavy atom. The number of esters is 1. The van der Waals surface area contributed by atoms with Crippen molar-refractivity contribution in [2.75, 3.05) is 13.7 Å². The molecule has 0 saturated carbocycles. The summed E-state index contributed by atoms with van der Waals surface area (Å²) in [6, 6.07) is 9.11. The molecule has 0 aromatic heterocycles. The van der Waals surface area contributed by atoms with E-state index in [9.17, 15) is 14.4 Å². The number of unbranched alkanes of at least 4 members (excludes halogenated alkanes) is 1. The molecule has 0 fully saturated rings. The van der Waals surface area contributed by atoms with E-state index in [0.717, 1.165) is 16.9 Å². The Labute approximate surface area is 210 Å². The number of hydrogen-bond donors (Lipinski definition) is 0. The average Bonchev–Trinajstić information content (AvgIpc) is 3.29. The molecule has 0 N–H and O–H groups in total. The van der Waals surface area contributed by atoms with E-state index < -0.39 is 18.3 Å². The Morgan fingerprint density at radius 1 is 0.914 bits per heavy atom. The van der Waals surface area contributed by atoms with Gasteiger partial charge in [0.2, 0.25) is 0 Å². The minimum atomic E-state index is -0.981. The molecule has 1 heterocycles. The van der Waals surface area contributed by atoms with Crippen LogP contribution in [0.3, 0.4) is 0 Å². The predicted octanol–water partition coefficient (Wildman–Crippen LogP) is 6.35. The van der Waals surface area contributed by atoms with Gasteiger partial charge in [-0.1, -0.05) is 42.9 Å². The zero-order chi connectivity index (χ0) is 25.4. The molecule has 11 heteroatoms. The first-order valence-corrected chi connectivity index (χ1v) is 12.0. The minimum Gasteiger partial charge on any atom is -0.471 e. The lowest BCUT2D eigenvalue weighted by Crippen LogP contribution is -2.14. The summed E-state index contributed by atoms with van der Waals surface area (Å²) in [5.41, 5.74) is 0.799. The van der Waals surface area contributed by atoms with Gasteiger partial charge in [0.05, 0.1) is 29.4 Å². The number of nitrogens with zero attached hydrogens (tertiary/aromatic N) is 1. The summed E-state index contributed by atoms with van der Waals surface area (Å²) in [4.78, 5) is 40.7. The van der Waals surface area contributed by atoms with Gasteiger partial charge in [-0.2, -0.15) is 0 Å². The number of carbonyl (C=O) groups excluding carboxylic acids is 3. The number of thioether (sulfide) groups is 2. The summed E-state index contributed by atoms with van der Waals surface area (Å²) in [5.74, 6) is -0.0537. The molecule has 1 aliphatic rings. The lowest BCUT2D eigenvalue weighted by molar-refractivity contribution is -0.138. The predicted molar refractivity (Wildman–Crippen MR) is 129 cm³/mol. The van der Waals surface area contributed by atoms with Gasteiger partial charge in [-0.15, -0.1) is 0 Å². The Bertz CT molecular complexity index is 1200. The van der Waals surface area contributed by atoms with Crippen LogP contribution >= 0.6 is 23.5 Å². The summed E-state index contributed by atoms with van der Waals surface area (Å²) in [6.07, 6.45) is -0.267. The van der Waals surface area contributed by atoms with Crippen LogP contribution < -0.4 is 14.2 Å². The molecule has 9 nitrogen and oxygen atoms in total. The van der Waals surface area contributed by atoms with Crippen LogP contribution in [0.1, 0.15) is 25.3 Å². The van der Waals surface area contributed by atoms with Gasteiger partial charge < -0.3 is 23.7 Å². The van der Waals surface area contributed by atoms with Crippen molar-refractivity contribution in [2.24, 2.45) is 0 Å². The molecule has 0 amide bonds. The summed E-state index contributed by atoms with van der Waals surface area (Å²) >= 11 is 2.43. The highest BCUT2D eigenvalue weighted by atomic mass is 32.2.